The Morgan fingerprint density at radius 1 is 1.19 bits per heavy atom. The van der Waals surface area contributed by atoms with Gasteiger partial charge in [-0.25, -0.2) is 4.39 Å². The number of hydrogen-bond donors (Lipinski definition) is 1. The van der Waals surface area contributed by atoms with Crippen LogP contribution in [0, 0.1) is 5.82 Å². The van der Waals surface area contributed by atoms with Crippen LogP contribution in [-0.4, -0.2) is 14.2 Å². The molecule has 0 aliphatic heterocycles. The van der Waals surface area contributed by atoms with Crippen molar-refractivity contribution in [3.63, 3.8) is 0 Å². The number of rotatable bonds is 6. The van der Waals surface area contributed by atoms with Crippen LogP contribution in [0.3, 0.4) is 0 Å². The molecule has 5 heteroatoms. The number of nitrogens with one attached hydrogen (secondary N) is 1. The highest BCUT2D eigenvalue weighted by Crippen LogP contribution is 2.25. The number of halogens is 2. The van der Waals surface area contributed by atoms with Crippen LogP contribution in [0.2, 0.25) is 0 Å². The number of hydrogen-bond acceptors (Lipinski definition) is 3. The van der Waals surface area contributed by atoms with E-state index in [0.717, 1.165) is 22.6 Å². The van der Waals surface area contributed by atoms with Crippen molar-refractivity contribution in [2.75, 3.05) is 14.2 Å². The van der Waals surface area contributed by atoms with Crippen molar-refractivity contribution >= 4 is 15.9 Å². The zero-order chi connectivity index (χ0) is 15.2. The van der Waals surface area contributed by atoms with Gasteiger partial charge in [0.1, 0.15) is 23.9 Å². The van der Waals surface area contributed by atoms with E-state index in [1.54, 1.807) is 7.11 Å². The van der Waals surface area contributed by atoms with Crippen LogP contribution in [0.25, 0.3) is 0 Å². The maximum atomic E-state index is 13.3. The summed E-state index contributed by atoms with van der Waals surface area (Å²) in [6.07, 6.45) is 0. The monoisotopic (exact) mass is 353 g/mol. The number of methoxy groups -OCH3 is 1. The summed E-state index contributed by atoms with van der Waals surface area (Å²) >= 11 is 3.28. The Morgan fingerprint density at radius 2 is 2.00 bits per heavy atom. The van der Waals surface area contributed by atoms with E-state index in [4.69, 9.17) is 9.47 Å². The van der Waals surface area contributed by atoms with Gasteiger partial charge in [0.15, 0.2) is 0 Å². The fraction of sp³-hybridized carbons (Fsp3) is 0.250. The standard InChI is InChI=1S/C16H17BrFNO2/c1-19-9-12-7-15(20-2)3-4-16(12)21-10-11-5-13(17)8-14(18)6-11/h3-8,19H,9-10H2,1-2H3. The normalized spacial score (nSPS) is 10.5. The zero-order valence-electron chi connectivity index (χ0n) is 12.0. The summed E-state index contributed by atoms with van der Waals surface area (Å²) in [5.41, 5.74) is 1.76. The average molecular weight is 354 g/mol. The van der Waals surface area contributed by atoms with Gasteiger partial charge in [-0.05, 0) is 49.0 Å². The van der Waals surface area contributed by atoms with Crippen LogP contribution in [0.4, 0.5) is 4.39 Å². The molecule has 3 nitrogen and oxygen atoms in total. The molecule has 0 aromatic heterocycles. The summed E-state index contributed by atoms with van der Waals surface area (Å²) in [5.74, 6) is 1.25. The van der Waals surface area contributed by atoms with Gasteiger partial charge in [0.05, 0.1) is 7.11 Å². The lowest BCUT2D eigenvalue weighted by Gasteiger charge is -2.13. The molecule has 2 aromatic rings. The van der Waals surface area contributed by atoms with Crippen molar-refractivity contribution in [1.82, 2.24) is 5.32 Å². The third-order valence-corrected chi connectivity index (χ3v) is 3.41. The molecule has 0 bridgehead atoms. The maximum Gasteiger partial charge on any atom is 0.124 e. The topological polar surface area (TPSA) is 30.5 Å². The first kappa shape index (κ1) is 15.8. The molecule has 0 aliphatic rings. The molecule has 21 heavy (non-hydrogen) atoms. The van der Waals surface area contributed by atoms with Crippen molar-refractivity contribution in [3.8, 4) is 11.5 Å². The SMILES string of the molecule is CNCc1cc(OC)ccc1OCc1cc(F)cc(Br)c1. The molecule has 0 atom stereocenters. The third kappa shape index (κ3) is 4.44. The highest BCUT2D eigenvalue weighted by atomic mass is 79.9. The molecule has 2 aromatic carbocycles. The minimum absolute atomic E-state index is 0.284. The number of ether oxygens (including phenoxy) is 2. The van der Waals surface area contributed by atoms with E-state index >= 15 is 0 Å². The molecule has 0 saturated carbocycles. The van der Waals surface area contributed by atoms with Gasteiger partial charge in [0.25, 0.3) is 0 Å². The first-order chi connectivity index (χ1) is 10.1. The summed E-state index contributed by atoms with van der Waals surface area (Å²) < 4.78 is 25.1. The van der Waals surface area contributed by atoms with Crippen LogP contribution < -0.4 is 14.8 Å². The molecule has 1 N–H and O–H groups in total. The summed E-state index contributed by atoms with van der Waals surface area (Å²) in [4.78, 5) is 0. The maximum absolute atomic E-state index is 13.3. The van der Waals surface area contributed by atoms with Gasteiger partial charge >= 0.3 is 0 Å². The van der Waals surface area contributed by atoms with Crippen LogP contribution in [0.1, 0.15) is 11.1 Å². The lowest BCUT2D eigenvalue weighted by atomic mass is 10.2. The Bertz CT molecular complexity index is 599. The second-order valence-electron chi connectivity index (χ2n) is 4.57. The molecule has 0 heterocycles. The van der Waals surface area contributed by atoms with E-state index in [0.29, 0.717) is 17.6 Å². The van der Waals surface area contributed by atoms with Gasteiger partial charge in [0.2, 0.25) is 0 Å². The predicted molar refractivity (Wildman–Crippen MR) is 84.2 cm³/mol. The van der Waals surface area contributed by atoms with Gasteiger partial charge in [-0.1, -0.05) is 15.9 Å². The predicted octanol–water partition coefficient (Wildman–Crippen LogP) is 3.90. The Labute approximate surface area is 132 Å². The quantitative estimate of drug-likeness (QED) is 0.854. The smallest absolute Gasteiger partial charge is 0.124 e. The Balaban J connectivity index is 2.15. The van der Waals surface area contributed by atoms with E-state index in [2.05, 4.69) is 21.2 Å². The fourth-order valence-electron chi connectivity index (χ4n) is 2.01. The Kier molecular flexibility index (Phi) is 5.59. The van der Waals surface area contributed by atoms with E-state index in [1.807, 2.05) is 31.3 Å². The lowest BCUT2D eigenvalue weighted by Crippen LogP contribution is -2.08. The molecular formula is C16H17BrFNO2. The Morgan fingerprint density at radius 3 is 2.67 bits per heavy atom. The summed E-state index contributed by atoms with van der Waals surface area (Å²) in [6.45, 7) is 0.971. The summed E-state index contributed by atoms with van der Waals surface area (Å²) in [6, 6.07) is 10.4. The van der Waals surface area contributed by atoms with Crippen molar-refractivity contribution in [2.24, 2.45) is 0 Å². The van der Waals surface area contributed by atoms with E-state index in [-0.39, 0.29) is 5.82 Å². The van der Waals surface area contributed by atoms with Gasteiger partial charge in [-0.15, -0.1) is 0 Å². The third-order valence-electron chi connectivity index (χ3n) is 2.95. The zero-order valence-corrected chi connectivity index (χ0v) is 13.5. The van der Waals surface area contributed by atoms with Gasteiger partial charge in [-0.2, -0.15) is 0 Å². The van der Waals surface area contributed by atoms with Gasteiger partial charge in [-0.3, -0.25) is 0 Å². The number of benzene rings is 2. The molecule has 0 radical (unpaired) electrons. The second-order valence-corrected chi connectivity index (χ2v) is 5.49. The largest absolute Gasteiger partial charge is 0.497 e. The summed E-state index contributed by atoms with van der Waals surface area (Å²) in [7, 11) is 3.50. The van der Waals surface area contributed by atoms with Crippen molar-refractivity contribution < 1.29 is 13.9 Å². The highest BCUT2D eigenvalue weighted by molar-refractivity contribution is 9.10. The molecule has 0 fully saturated rings. The van der Waals surface area contributed by atoms with Crippen LogP contribution in [0.5, 0.6) is 11.5 Å². The minimum Gasteiger partial charge on any atom is -0.497 e. The van der Waals surface area contributed by atoms with Crippen LogP contribution in [-0.2, 0) is 13.2 Å². The first-order valence-electron chi connectivity index (χ1n) is 6.51. The minimum atomic E-state index is -0.284. The van der Waals surface area contributed by atoms with Gasteiger partial charge in [0, 0.05) is 16.6 Å². The molecule has 0 spiro atoms. The average Bonchev–Trinajstić information content (AvgIpc) is 2.45. The second kappa shape index (κ2) is 7.43. The van der Waals surface area contributed by atoms with E-state index in [9.17, 15) is 4.39 Å². The molecule has 2 rings (SSSR count). The molecule has 0 amide bonds. The lowest BCUT2D eigenvalue weighted by molar-refractivity contribution is 0.301. The highest BCUT2D eigenvalue weighted by Gasteiger charge is 2.07. The van der Waals surface area contributed by atoms with Crippen molar-refractivity contribution in [2.45, 2.75) is 13.2 Å². The van der Waals surface area contributed by atoms with Crippen LogP contribution in [0.15, 0.2) is 40.9 Å². The molecular weight excluding hydrogens is 337 g/mol. The fourth-order valence-corrected chi connectivity index (χ4v) is 2.52. The van der Waals surface area contributed by atoms with Gasteiger partial charge < -0.3 is 14.8 Å². The van der Waals surface area contributed by atoms with Crippen molar-refractivity contribution in [3.05, 3.63) is 57.8 Å². The molecule has 112 valence electrons. The molecule has 0 aliphatic carbocycles. The Hall–Kier alpha value is -1.59. The molecule has 0 unspecified atom stereocenters. The van der Waals surface area contributed by atoms with Crippen molar-refractivity contribution in [1.29, 1.82) is 0 Å². The van der Waals surface area contributed by atoms with E-state index < -0.39 is 0 Å². The van der Waals surface area contributed by atoms with Crippen LogP contribution >= 0.6 is 15.9 Å². The first-order valence-corrected chi connectivity index (χ1v) is 7.31. The van der Waals surface area contributed by atoms with E-state index in [1.165, 1.54) is 12.1 Å². The summed E-state index contributed by atoms with van der Waals surface area (Å²) in [5, 5.41) is 3.09. The molecule has 0 saturated heterocycles.